The molecule has 70 valence electrons. The first-order valence-electron chi connectivity index (χ1n) is 4.70. The monoisotopic (exact) mass is 172 g/mol. The van der Waals surface area contributed by atoms with E-state index in [4.69, 9.17) is 0 Å². The van der Waals surface area contributed by atoms with Crippen LogP contribution >= 0.6 is 0 Å². The highest BCUT2D eigenvalue weighted by Gasteiger charge is 2.36. The molecule has 2 unspecified atom stereocenters. The fraction of sp³-hybridized carbons (Fsp3) is 1.00. The van der Waals surface area contributed by atoms with E-state index in [0.29, 0.717) is 13.1 Å². The van der Waals surface area contributed by atoms with E-state index in [-0.39, 0.29) is 12.1 Å². The minimum absolute atomic E-state index is 0.164. The number of hydrogen-bond donors (Lipinski definition) is 2. The van der Waals surface area contributed by atoms with E-state index >= 15 is 0 Å². The number of hydroxylamine groups is 4. The van der Waals surface area contributed by atoms with E-state index in [0.717, 1.165) is 12.8 Å². The van der Waals surface area contributed by atoms with E-state index in [1.807, 2.05) is 0 Å². The van der Waals surface area contributed by atoms with Gasteiger partial charge in [-0.1, -0.05) is 12.8 Å². The lowest BCUT2D eigenvalue weighted by Crippen LogP contribution is -2.58. The minimum Gasteiger partial charge on any atom is -0.314 e. The Labute approximate surface area is 72.3 Å². The van der Waals surface area contributed by atoms with Gasteiger partial charge in [0.15, 0.2) is 0 Å². The van der Waals surface area contributed by atoms with Crippen molar-refractivity contribution in [3.8, 4) is 0 Å². The minimum atomic E-state index is 0.164. The van der Waals surface area contributed by atoms with Gasteiger partial charge in [-0.25, -0.2) is 0 Å². The highest BCUT2D eigenvalue weighted by atomic mass is 16.5. The van der Waals surface area contributed by atoms with Crippen molar-refractivity contribution in [2.45, 2.75) is 37.8 Å². The van der Waals surface area contributed by atoms with Crippen molar-refractivity contribution in [1.82, 2.24) is 10.1 Å². The highest BCUT2D eigenvalue weighted by Crippen LogP contribution is 2.27. The molecule has 2 fully saturated rings. The summed E-state index contributed by atoms with van der Waals surface area (Å²) < 4.78 is 0. The molecule has 1 saturated carbocycles. The van der Waals surface area contributed by atoms with Crippen LogP contribution < -0.4 is 0 Å². The van der Waals surface area contributed by atoms with Crippen LogP contribution in [0.3, 0.4) is 0 Å². The molecule has 4 nitrogen and oxygen atoms in total. The first-order chi connectivity index (χ1) is 5.79. The van der Waals surface area contributed by atoms with E-state index in [2.05, 4.69) is 0 Å². The molecule has 0 radical (unpaired) electrons. The molecule has 12 heavy (non-hydrogen) atoms. The average Bonchev–Trinajstić information content (AvgIpc) is 2.12. The van der Waals surface area contributed by atoms with Gasteiger partial charge in [-0.3, -0.25) is 0 Å². The summed E-state index contributed by atoms with van der Waals surface area (Å²) in [7, 11) is 0. The highest BCUT2D eigenvalue weighted by molar-refractivity contribution is 4.88. The van der Waals surface area contributed by atoms with Crippen molar-refractivity contribution in [2.24, 2.45) is 0 Å². The van der Waals surface area contributed by atoms with Gasteiger partial charge in [0.2, 0.25) is 0 Å². The molecule has 1 saturated heterocycles. The lowest BCUT2D eigenvalue weighted by Gasteiger charge is -2.44. The van der Waals surface area contributed by atoms with Gasteiger partial charge in [0.05, 0.1) is 12.1 Å². The summed E-state index contributed by atoms with van der Waals surface area (Å²) in [5.41, 5.74) is 0. The third kappa shape index (κ3) is 1.35. The van der Waals surface area contributed by atoms with Crippen molar-refractivity contribution in [1.29, 1.82) is 0 Å². The molecule has 0 aromatic rings. The largest absolute Gasteiger partial charge is 0.314 e. The Bertz CT molecular complexity index is 147. The van der Waals surface area contributed by atoms with E-state index < -0.39 is 0 Å². The van der Waals surface area contributed by atoms with Gasteiger partial charge in [-0.2, -0.15) is 10.1 Å². The summed E-state index contributed by atoms with van der Waals surface area (Å²) in [5, 5.41) is 21.8. The third-order valence-corrected chi connectivity index (χ3v) is 3.02. The van der Waals surface area contributed by atoms with Crippen LogP contribution in [0.15, 0.2) is 0 Å². The molecule has 2 rings (SSSR count). The number of fused-ring (bicyclic) bond motifs is 1. The van der Waals surface area contributed by atoms with Crippen molar-refractivity contribution in [2.75, 3.05) is 13.1 Å². The Kier molecular flexibility index (Phi) is 2.32. The van der Waals surface area contributed by atoms with E-state index in [1.54, 1.807) is 0 Å². The SMILES string of the molecule is ON1CCN(O)C2CCCCC21. The molecule has 0 aromatic heterocycles. The zero-order valence-electron chi connectivity index (χ0n) is 7.19. The zero-order chi connectivity index (χ0) is 8.55. The Hall–Kier alpha value is -0.160. The van der Waals surface area contributed by atoms with Crippen LogP contribution in [0.1, 0.15) is 25.7 Å². The van der Waals surface area contributed by atoms with Crippen LogP contribution in [0.5, 0.6) is 0 Å². The molecule has 2 aliphatic rings. The molecule has 1 aliphatic carbocycles. The molecule has 1 heterocycles. The van der Waals surface area contributed by atoms with Gasteiger partial charge in [0, 0.05) is 13.1 Å². The Morgan fingerprint density at radius 3 is 1.67 bits per heavy atom. The van der Waals surface area contributed by atoms with Crippen molar-refractivity contribution in [3.05, 3.63) is 0 Å². The third-order valence-electron chi connectivity index (χ3n) is 3.02. The predicted molar refractivity (Wildman–Crippen MR) is 43.0 cm³/mol. The summed E-state index contributed by atoms with van der Waals surface area (Å²) in [4.78, 5) is 0. The van der Waals surface area contributed by atoms with Crippen LogP contribution in [-0.2, 0) is 0 Å². The van der Waals surface area contributed by atoms with Gasteiger partial charge in [0.25, 0.3) is 0 Å². The second-order valence-corrected chi connectivity index (χ2v) is 3.75. The molecule has 4 heteroatoms. The van der Waals surface area contributed by atoms with Crippen molar-refractivity contribution >= 4 is 0 Å². The molecule has 1 aliphatic heterocycles. The summed E-state index contributed by atoms with van der Waals surface area (Å²) in [5.74, 6) is 0. The standard InChI is InChI=1S/C8H16N2O2/c11-9-5-6-10(12)8-4-2-1-3-7(8)9/h7-8,11-12H,1-6H2. The van der Waals surface area contributed by atoms with Crippen LogP contribution in [0.25, 0.3) is 0 Å². The molecular weight excluding hydrogens is 156 g/mol. The summed E-state index contributed by atoms with van der Waals surface area (Å²) in [6, 6.07) is 0.329. The van der Waals surface area contributed by atoms with Crippen LogP contribution in [-0.4, -0.2) is 45.7 Å². The fourth-order valence-electron chi connectivity index (χ4n) is 2.32. The summed E-state index contributed by atoms with van der Waals surface area (Å²) >= 11 is 0. The first kappa shape index (κ1) is 8.44. The van der Waals surface area contributed by atoms with Gasteiger partial charge in [-0.15, -0.1) is 0 Å². The average molecular weight is 172 g/mol. The lowest BCUT2D eigenvalue weighted by molar-refractivity contribution is -0.248. The topological polar surface area (TPSA) is 46.9 Å². The van der Waals surface area contributed by atoms with Gasteiger partial charge in [0.1, 0.15) is 0 Å². The second kappa shape index (κ2) is 3.30. The molecular formula is C8H16N2O2. The predicted octanol–water partition coefficient (Wildman–Crippen LogP) is 0.694. The molecule has 0 spiro atoms. The molecule has 0 aromatic carbocycles. The maximum Gasteiger partial charge on any atom is 0.0529 e. The summed E-state index contributed by atoms with van der Waals surface area (Å²) in [6.45, 7) is 1.13. The molecule has 2 atom stereocenters. The maximum absolute atomic E-state index is 9.52. The summed E-state index contributed by atoms with van der Waals surface area (Å²) in [6.07, 6.45) is 4.37. The Morgan fingerprint density at radius 1 is 0.833 bits per heavy atom. The van der Waals surface area contributed by atoms with Gasteiger partial charge >= 0.3 is 0 Å². The number of hydrogen-bond acceptors (Lipinski definition) is 4. The molecule has 0 bridgehead atoms. The Balaban J connectivity index is 2.05. The quantitative estimate of drug-likeness (QED) is 0.564. The Morgan fingerprint density at radius 2 is 1.25 bits per heavy atom. The number of nitrogens with zero attached hydrogens (tertiary/aromatic N) is 2. The maximum atomic E-state index is 9.52. The number of piperazine rings is 1. The van der Waals surface area contributed by atoms with Gasteiger partial charge in [-0.05, 0) is 12.8 Å². The van der Waals surface area contributed by atoms with Crippen molar-refractivity contribution < 1.29 is 10.4 Å². The van der Waals surface area contributed by atoms with Crippen LogP contribution in [0.2, 0.25) is 0 Å². The first-order valence-corrected chi connectivity index (χ1v) is 4.70. The zero-order valence-corrected chi connectivity index (χ0v) is 7.19. The van der Waals surface area contributed by atoms with Crippen LogP contribution in [0.4, 0.5) is 0 Å². The fourth-order valence-corrected chi connectivity index (χ4v) is 2.32. The lowest BCUT2D eigenvalue weighted by atomic mass is 9.88. The van der Waals surface area contributed by atoms with Crippen LogP contribution in [0, 0.1) is 0 Å². The number of rotatable bonds is 0. The molecule has 2 N–H and O–H groups in total. The van der Waals surface area contributed by atoms with Gasteiger partial charge < -0.3 is 10.4 Å². The van der Waals surface area contributed by atoms with E-state index in [1.165, 1.54) is 23.0 Å². The smallest absolute Gasteiger partial charge is 0.0529 e. The normalized spacial score (nSPS) is 39.5. The van der Waals surface area contributed by atoms with E-state index in [9.17, 15) is 10.4 Å². The van der Waals surface area contributed by atoms with Crippen molar-refractivity contribution in [3.63, 3.8) is 0 Å². The second-order valence-electron chi connectivity index (χ2n) is 3.75. The molecule has 0 amide bonds.